The van der Waals surface area contributed by atoms with Crippen LogP contribution in [-0.4, -0.2) is 69.5 Å². The summed E-state index contributed by atoms with van der Waals surface area (Å²) in [5.41, 5.74) is 1.77. The molecular formula is C19H25N7O. The zero-order chi connectivity index (χ0) is 18.6. The third kappa shape index (κ3) is 3.91. The van der Waals surface area contributed by atoms with E-state index in [2.05, 4.69) is 20.3 Å². The van der Waals surface area contributed by atoms with Crippen LogP contribution in [0.2, 0.25) is 0 Å². The topological polar surface area (TPSA) is 81.0 Å². The van der Waals surface area contributed by atoms with E-state index >= 15 is 0 Å². The van der Waals surface area contributed by atoms with Crippen LogP contribution in [0, 0.1) is 5.92 Å². The molecule has 8 heteroatoms. The largest absolute Gasteiger partial charge is 0.383 e. The number of anilines is 1. The van der Waals surface area contributed by atoms with Gasteiger partial charge >= 0.3 is 0 Å². The lowest BCUT2D eigenvalue weighted by molar-refractivity contribution is 0.159. The van der Waals surface area contributed by atoms with Crippen LogP contribution in [0.15, 0.2) is 30.7 Å². The van der Waals surface area contributed by atoms with E-state index in [0.29, 0.717) is 11.7 Å². The van der Waals surface area contributed by atoms with Crippen LogP contribution in [0.5, 0.6) is 0 Å². The molecule has 1 aliphatic heterocycles. The van der Waals surface area contributed by atoms with E-state index < -0.39 is 0 Å². The standard InChI is InChI=1S/C19H25N7O/c1-25-19-16(12-22-25)18(23-17(24-19)15-3-6-20-7-4-15)21-11-14-5-8-26(13-14)9-10-27-2/h3-4,6-7,12,14H,5,8-11,13H2,1-2H3,(H,21,23,24)/t14-/m1/s1. The highest BCUT2D eigenvalue weighted by Gasteiger charge is 2.22. The number of methoxy groups -OCH3 is 1. The lowest BCUT2D eigenvalue weighted by Gasteiger charge is -2.16. The molecule has 0 spiro atoms. The first kappa shape index (κ1) is 17.8. The van der Waals surface area contributed by atoms with Gasteiger partial charge < -0.3 is 15.0 Å². The Morgan fingerprint density at radius 2 is 2.11 bits per heavy atom. The van der Waals surface area contributed by atoms with Crippen LogP contribution in [0.3, 0.4) is 0 Å². The molecule has 0 saturated carbocycles. The SMILES string of the molecule is COCCN1CC[C@H](CNc2nc(-c3ccncc3)nc3c2cnn3C)C1. The zero-order valence-electron chi connectivity index (χ0n) is 15.8. The maximum Gasteiger partial charge on any atom is 0.164 e. The summed E-state index contributed by atoms with van der Waals surface area (Å²) in [5, 5.41) is 8.86. The van der Waals surface area contributed by atoms with E-state index in [1.165, 1.54) is 6.42 Å². The van der Waals surface area contributed by atoms with Crippen molar-refractivity contribution in [2.24, 2.45) is 13.0 Å². The van der Waals surface area contributed by atoms with Gasteiger partial charge in [-0.1, -0.05) is 0 Å². The van der Waals surface area contributed by atoms with Crippen LogP contribution >= 0.6 is 0 Å². The van der Waals surface area contributed by atoms with E-state index in [1.54, 1.807) is 24.2 Å². The van der Waals surface area contributed by atoms with Gasteiger partial charge in [0.15, 0.2) is 11.5 Å². The molecule has 1 saturated heterocycles. The molecule has 3 aromatic heterocycles. The van der Waals surface area contributed by atoms with Crippen molar-refractivity contribution >= 4 is 16.9 Å². The molecule has 0 unspecified atom stereocenters. The van der Waals surface area contributed by atoms with E-state index in [1.807, 2.05) is 25.4 Å². The second-order valence-electron chi connectivity index (χ2n) is 6.97. The summed E-state index contributed by atoms with van der Waals surface area (Å²) < 4.78 is 6.97. The minimum absolute atomic E-state index is 0.605. The first-order valence-electron chi connectivity index (χ1n) is 9.30. The minimum atomic E-state index is 0.605. The Labute approximate surface area is 158 Å². The Morgan fingerprint density at radius 3 is 2.93 bits per heavy atom. The third-order valence-corrected chi connectivity index (χ3v) is 5.07. The van der Waals surface area contributed by atoms with Crippen LogP contribution < -0.4 is 5.32 Å². The van der Waals surface area contributed by atoms with Gasteiger partial charge in [0.2, 0.25) is 0 Å². The number of likely N-dealkylation sites (tertiary alicyclic amines) is 1. The smallest absolute Gasteiger partial charge is 0.164 e. The summed E-state index contributed by atoms with van der Waals surface area (Å²) in [5.74, 6) is 2.13. The van der Waals surface area contributed by atoms with Gasteiger partial charge in [-0.3, -0.25) is 9.67 Å². The Bertz CT molecular complexity index is 896. The molecule has 1 fully saturated rings. The average Bonchev–Trinajstić information content (AvgIpc) is 3.32. The fourth-order valence-electron chi connectivity index (χ4n) is 3.53. The summed E-state index contributed by atoms with van der Waals surface area (Å²) in [6, 6.07) is 3.85. The minimum Gasteiger partial charge on any atom is -0.383 e. The van der Waals surface area contributed by atoms with Crippen molar-refractivity contribution in [3.05, 3.63) is 30.7 Å². The van der Waals surface area contributed by atoms with Crippen LogP contribution in [0.25, 0.3) is 22.4 Å². The van der Waals surface area contributed by atoms with Crippen molar-refractivity contribution in [3.63, 3.8) is 0 Å². The van der Waals surface area contributed by atoms with E-state index in [-0.39, 0.29) is 0 Å². The molecule has 142 valence electrons. The number of aromatic nitrogens is 5. The van der Waals surface area contributed by atoms with Crippen molar-refractivity contribution in [3.8, 4) is 11.4 Å². The quantitative estimate of drug-likeness (QED) is 0.682. The Morgan fingerprint density at radius 1 is 1.26 bits per heavy atom. The number of rotatable bonds is 7. The lowest BCUT2D eigenvalue weighted by Crippen LogP contribution is -2.26. The number of aryl methyl sites for hydroxylation is 1. The van der Waals surface area contributed by atoms with Gasteiger partial charge in [0.25, 0.3) is 0 Å². The van der Waals surface area contributed by atoms with Crippen LogP contribution in [0.1, 0.15) is 6.42 Å². The number of hydrogen-bond donors (Lipinski definition) is 1. The van der Waals surface area contributed by atoms with Gasteiger partial charge in [-0.25, -0.2) is 9.97 Å². The Balaban J connectivity index is 1.53. The number of fused-ring (bicyclic) bond motifs is 1. The van der Waals surface area contributed by atoms with Crippen molar-refractivity contribution in [1.29, 1.82) is 0 Å². The van der Waals surface area contributed by atoms with Crippen molar-refractivity contribution in [2.45, 2.75) is 6.42 Å². The molecule has 1 atom stereocenters. The molecule has 4 rings (SSSR count). The number of hydrogen-bond acceptors (Lipinski definition) is 7. The Hall–Kier alpha value is -2.58. The second kappa shape index (κ2) is 7.98. The monoisotopic (exact) mass is 367 g/mol. The first-order valence-corrected chi connectivity index (χ1v) is 9.30. The summed E-state index contributed by atoms with van der Waals surface area (Å²) >= 11 is 0. The number of pyridine rings is 1. The highest BCUT2D eigenvalue weighted by atomic mass is 16.5. The number of nitrogens with one attached hydrogen (secondary N) is 1. The molecule has 1 N–H and O–H groups in total. The molecule has 8 nitrogen and oxygen atoms in total. The predicted octanol–water partition coefficient (Wildman–Crippen LogP) is 1.81. The van der Waals surface area contributed by atoms with Gasteiger partial charge in [0, 0.05) is 51.7 Å². The molecule has 0 amide bonds. The first-order chi connectivity index (χ1) is 13.2. The van der Waals surface area contributed by atoms with E-state index in [4.69, 9.17) is 14.7 Å². The zero-order valence-corrected chi connectivity index (χ0v) is 15.8. The molecule has 0 aromatic carbocycles. The fraction of sp³-hybridized carbons (Fsp3) is 0.474. The van der Waals surface area contributed by atoms with E-state index in [0.717, 1.165) is 55.2 Å². The van der Waals surface area contributed by atoms with Gasteiger partial charge in [-0.2, -0.15) is 5.10 Å². The molecule has 3 aromatic rings. The highest BCUT2D eigenvalue weighted by Crippen LogP contribution is 2.25. The molecule has 0 bridgehead atoms. The normalized spacial score (nSPS) is 17.6. The second-order valence-corrected chi connectivity index (χ2v) is 6.97. The average molecular weight is 367 g/mol. The molecule has 4 heterocycles. The molecule has 27 heavy (non-hydrogen) atoms. The fourth-order valence-corrected chi connectivity index (χ4v) is 3.53. The van der Waals surface area contributed by atoms with Crippen molar-refractivity contribution in [2.75, 3.05) is 45.2 Å². The van der Waals surface area contributed by atoms with E-state index in [9.17, 15) is 0 Å². The third-order valence-electron chi connectivity index (χ3n) is 5.07. The Kier molecular flexibility index (Phi) is 5.26. The maximum atomic E-state index is 5.19. The van der Waals surface area contributed by atoms with Crippen LogP contribution in [0.4, 0.5) is 5.82 Å². The lowest BCUT2D eigenvalue weighted by atomic mass is 10.1. The molecule has 0 aliphatic carbocycles. The van der Waals surface area contributed by atoms with Gasteiger partial charge in [0.1, 0.15) is 5.82 Å². The molecule has 1 aliphatic rings. The maximum absolute atomic E-state index is 5.19. The number of ether oxygens (including phenoxy) is 1. The van der Waals surface area contributed by atoms with Gasteiger partial charge in [-0.15, -0.1) is 0 Å². The summed E-state index contributed by atoms with van der Waals surface area (Å²) in [4.78, 5) is 16.0. The van der Waals surface area contributed by atoms with Crippen molar-refractivity contribution < 1.29 is 4.74 Å². The highest BCUT2D eigenvalue weighted by molar-refractivity contribution is 5.88. The van der Waals surface area contributed by atoms with Crippen molar-refractivity contribution in [1.82, 2.24) is 29.6 Å². The van der Waals surface area contributed by atoms with Crippen LogP contribution in [-0.2, 0) is 11.8 Å². The summed E-state index contributed by atoms with van der Waals surface area (Å²) in [6.07, 6.45) is 6.53. The predicted molar refractivity (Wildman–Crippen MR) is 104 cm³/mol. The summed E-state index contributed by atoms with van der Waals surface area (Å²) in [7, 11) is 3.66. The van der Waals surface area contributed by atoms with Gasteiger partial charge in [0.05, 0.1) is 18.2 Å². The molecular weight excluding hydrogens is 342 g/mol. The molecule has 0 radical (unpaired) electrons. The number of nitrogens with zero attached hydrogens (tertiary/aromatic N) is 6. The summed E-state index contributed by atoms with van der Waals surface area (Å²) in [6.45, 7) is 4.90. The van der Waals surface area contributed by atoms with Gasteiger partial charge in [-0.05, 0) is 31.0 Å².